The second-order valence-corrected chi connectivity index (χ2v) is 4.45. The normalized spacial score (nSPS) is 11.6. The maximum Gasteiger partial charge on any atom is 0.321 e. The zero-order chi connectivity index (χ0) is 16.5. The van der Waals surface area contributed by atoms with Crippen LogP contribution in [0.4, 0.5) is 5.69 Å². The second kappa shape index (κ2) is 8.85. The first-order valence-electron chi connectivity index (χ1n) is 6.70. The highest BCUT2D eigenvalue weighted by atomic mass is 16.5. The fraction of sp³-hybridized carbons (Fsp3) is 0.429. The monoisotopic (exact) mass is 311 g/mol. The van der Waals surface area contributed by atoms with E-state index in [9.17, 15) is 9.59 Å². The van der Waals surface area contributed by atoms with Crippen LogP contribution in [0.25, 0.3) is 0 Å². The summed E-state index contributed by atoms with van der Waals surface area (Å²) in [6.45, 7) is 0.599. The Labute approximate surface area is 128 Å². The van der Waals surface area contributed by atoms with Gasteiger partial charge in [-0.15, -0.1) is 0 Å². The molecule has 1 amide bonds. The van der Waals surface area contributed by atoms with E-state index in [2.05, 4.69) is 10.6 Å². The van der Waals surface area contributed by atoms with Crippen LogP contribution in [0.5, 0.6) is 11.5 Å². The van der Waals surface area contributed by atoms with Crippen molar-refractivity contribution in [3.05, 3.63) is 18.2 Å². The van der Waals surface area contributed by atoms with Gasteiger partial charge in [-0.25, -0.2) is 0 Å². The number of ether oxygens (including phenoxy) is 2. The van der Waals surface area contributed by atoms with Crippen LogP contribution in [-0.4, -0.2) is 50.3 Å². The van der Waals surface area contributed by atoms with Crippen LogP contribution in [-0.2, 0) is 9.59 Å². The van der Waals surface area contributed by atoms with Crippen molar-refractivity contribution in [1.29, 1.82) is 0 Å². The molecule has 1 aromatic carbocycles. The molecule has 0 saturated carbocycles. The molecule has 0 saturated heterocycles. The molecular formula is C14H21N3O5. The molecule has 0 heterocycles. The number of carbonyl (C=O) groups is 2. The van der Waals surface area contributed by atoms with Gasteiger partial charge in [-0.2, -0.15) is 0 Å². The lowest BCUT2D eigenvalue weighted by Gasteiger charge is -2.15. The van der Waals surface area contributed by atoms with E-state index in [0.717, 1.165) is 0 Å². The summed E-state index contributed by atoms with van der Waals surface area (Å²) in [7, 11) is 2.98. The molecule has 0 radical (unpaired) electrons. The highest BCUT2D eigenvalue weighted by molar-refractivity contribution is 5.95. The van der Waals surface area contributed by atoms with E-state index in [-0.39, 0.29) is 13.0 Å². The molecule has 1 rings (SSSR count). The van der Waals surface area contributed by atoms with Gasteiger partial charge in [0.15, 0.2) is 0 Å². The predicted octanol–water partition coefficient (Wildman–Crippen LogP) is 0.0339. The third-order valence-electron chi connectivity index (χ3n) is 2.90. The smallest absolute Gasteiger partial charge is 0.321 e. The Hall–Kier alpha value is -2.32. The summed E-state index contributed by atoms with van der Waals surface area (Å²) in [5, 5.41) is 14.4. The summed E-state index contributed by atoms with van der Waals surface area (Å²) in [4.78, 5) is 23.1. The number of hydrogen-bond acceptors (Lipinski definition) is 6. The number of benzene rings is 1. The SMILES string of the molecule is COc1ccc(OC)c(NC(=O)C[C@@H](NCCN)C(=O)O)c1. The minimum atomic E-state index is -1.11. The van der Waals surface area contributed by atoms with Crippen molar-refractivity contribution in [3.8, 4) is 11.5 Å². The average Bonchev–Trinajstić information content (AvgIpc) is 2.50. The van der Waals surface area contributed by atoms with Crippen LogP contribution in [0.3, 0.4) is 0 Å². The van der Waals surface area contributed by atoms with Gasteiger partial charge in [-0.1, -0.05) is 0 Å². The molecule has 0 spiro atoms. The van der Waals surface area contributed by atoms with Crippen molar-refractivity contribution in [2.24, 2.45) is 5.73 Å². The highest BCUT2D eigenvalue weighted by Gasteiger charge is 2.21. The van der Waals surface area contributed by atoms with E-state index in [1.807, 2.05) is 0 Å². The topological polar surface area (TPSA) is 123 Å². The van der Waals surface area contributed by atoms with Crippen LogP contribution in [0, 0.1) is 0 Å². The molecule has 22 heavy (non-hydrogen) atoms. The third kappa shape index (κ3) is 5.23. The molecule has 0 aliphatic rings. The first kappa shape index (κ1) is 17.7. The van der Waals surface area contributed by atoms with Gasteiger partial charge in [0.25, 0.3) is 0 Å². The van der Waals surface area contributed by atoms with Gasteiger partial charge < -0.3 is 30.9 Å². The van der Waals surface area contributed by atoms with Gasteiger partial charge >= 0.3 is 5.97 Å². The van der Waals surface area contributed by atoms with Crippen LogP contribution in [0.2, 0.25) is 0 Å². The molecule has 0 aromatic heterocycles. The number of aliphatic carboxylic acids is 1. The van der Waals surface area contributed by atoms with Crippen LogP contribution < -0.4 is 25.8 Å². The third-order valence-corrected chi connectivity index (χ3v) is 2.90. The average molecular weight is 311 g/mol. The van der Waals surface area contributed by atoms with Gasteiger partial charge in [0.1, 0.15) is 17.5 Å². The van der Waals surface area contributed by atoms with E-state index in [0.29, 0.717) is 23.7 Å². The Bertz CT molecular complexity index is 521. The number of anilines is 1. The van der Waals surface area contributed by atoms with Crippen LogP contribution in [0.15, 0.2) is 18.2 Å². The Morgan fingerprint density at radius 1 is 1.32 bits per heavy atom. The maximum absolute atomic E-state index is 12.0. The molecular weight excluding hydrogens is 290 g/mol. The Morgan fingerprint density at radius 3 is 2.59 bits per heavy atom. The number of carboxylic acids is 1. The summed E-state index contributed by atoms with van der Waals surface area (Å²) in [5.41, 5.74) is 5.73. The first-order valence-corrected chi connectivity index (χ1v) is 6.70. The number of nitrogens with one attached hydrogen (secondary N) is 2. The van der Waals surface area contributed by atoms with E-state index in [1.165, 1.54) is 14.2 Å². The summed E-state index contributed by atoms with van der Waals surface area (Å²) in [5.74, 6) is -0.562. The van der Waals surface area contributed by atoms with Crippen molar-refractivity contribution in [1.82, 2.24) is 5.32 Å². The number of hydrogen-bond donors (Lipinski definition) is 4. The summed E-state index contributed by atoms with van der Waals surface area (Å²) in [6, 6.07) is 3.94. The zero-order valence-corrected chi connectivity index (χ0v) is 12.6. The molecule has 8 heteroatoms. The van der Waals surface area contributed by atoms with Gasteiger partial charge in [0.05, 0.1) is 26.3 Å². The quantitative estimate of drug-likeness (QED) is 0.507. The second-order valence-electron chi connectivity index (χ2n) is 4.45. The van der Waals surface area contributed by atoms with Gasteiger partial charge in [0.2, 0.25) is 5.91 Å². The number of methoxy groups -OCH3 is 2. The summed E-state index contributed by atoms with van der Waals surface area (Å²) < 4.78 is 10.2. The largest absolute Gasteiger partial charge is 0.497 e. The Balaban J connectivity index is 2.76. The molecule has 122 valence electrons. The Kier molecular flexibility index (Phi) is 7.14. The fourth-order valence-corrected chi connectivity index (χ4v) is 1.80. The minimum Gasteiger partial charge on any atom is -0.497 e. The molecule has 0 unspecified atom stereocenters. The van der Waals surface area contributed by atoms with Crippen molar-refractivity contribution in [3.63, 3.8) is 0 Å². The standard InChI is InChI=1S/C14H21N3O5/c1-21-9-3-4-12(22-2)10(7-9)17-13(18)8-11(14(19)20)16-6-5-15/h3-4,7,11,16H,5-6,8,15H2,1-2H3,(H,17,18)(H,19,20)/t11-/m1/s1. The summed E-state index contributed by atoms with van der Waals surface area (Å²) >= 11 is 0. The van der Waals surface area contributed by atoms with Crippen molar-refractivity contribution >= 4 is 17.6 Å². The molecule has 0 aliphatic heterocycles. The molecule has 5 N–H and O–H groups in total. The highest BCUT2D eigenvalue weighted by Crippen LogP contribution is 2.28. The lowest BCUT2D eigenvalue weighted by molar-refractivity contribution is -0.141. The molecule has 0 bridgehead atoms. The van der Waals surface area contributed by atoms with Gasteiger partial charge in [0, 0.05) is 19.2 Å². The number of carbonyl (C=O) groups excluding carboxylic acids is 1. The lowest BCUT2D eigenvalue weighted by Crippen LogP contribution is -2.41. The van der Waals surface area contributed by atoms with E-state index < -0.39 is 17.9 Å². The van der Waals surface area contributed by atoms with Crippen molar-refractivity contribution in [2.75, 3.05) is 32.6 Å². The number of nitrogens with two attached hydrogens (primary N) is 1. The minimum absolute atomic E-state index is 0.226. The summed E-state index contributed by atoms with van der Waals surface area (Å²) in [6.07, 6.45) is -0.226. The van der Waals surface area contributed by atoms with E-state index >= 15 is 0 Å². The number of carboxylic acid groups (broad SMARTS) is 1. The van der Waals surface area contributed by atoms with E-state index in [1.54, 1.807) is 18.2 Å². The van der Waals surface area contributed by atoms with Crippen LogP contribution >= 0.6 is 0 Å². The lowest BCUT2D eigenvalue weighted by atomic mass is 10.2. The molecule has 1 aromatic rings. The molecule has 8 nitrogen and oxygen atoms in total. The van der Waals surface area contributed by atoms with Gasteiger partial charge in [-0.05, 0) is 12.1 Å². The number of amides is 1. The first-order chi connectivity index (χ1) is 10.5. The van der Waals surface area contributed by atoms with Crippen molar-refractivity contribution < 1.29 is 24.2 Å². The van der Waals surface area contributed by atoms with Crippen molar-refractivity contribution in [2.45, 2.75) is 12.5 Å². The molecule has 0 fully saturated rings. The fourth-order valence-electron chi connectivity index (χ4n) is 1.80. The number of rotatable bonds is 9. The predicted molar refractivity (Wildman–Crippen MR) is 81.3 cm³/mol. The van der Waals surface area contributed by atoms with Gasteiger partial charge in [-0.3, -0.25) is 9.59 Å². The van der Waals surface area contributed by atoms with Crippen LogP contribution in [0.1, 0.15) is 6.42 Å². The zero-order valence-electron chi connectivity index (χ0n) is 12.6. The maximum atomic E-state index is 12.0. The Morgan fingerprint density at radius 2 is 2.05 bits per heavy atom. The molecule has 1 atom stereocenters. The molecule has 0 aliphatic carbocycles. The van der Waals surface area contributed by atoms with E-state index in [4.69, 9.17) is 20.3 Å².